The monoisotopic (exact) mass is 339 g/mol. The molecule has 0 aliphatic heterocycles. The summed E-state index contributed by atoms with van der Waals surface area (Å²) in [5.74, 6) is -0.232. The quantitative estimate of drug-likeness (QED) is 0.875. The maximum absolute atomic E-state index is 12.2. The third-order valence-corrected chi connectivity index (χ3v) is 4.28. The number of carbonyl (C=O) groups is 1. The molecule has 2 aromatic rings. The van der Waals surface area contributed by atoms with E-state index in [1.807, 2.05) is 19.2 Å². The van der Waals surface area contributed by atoms with Crippen LogP contribution < -0.4 is 10.0 Å². The molecule has 0 spiro atoms. The molecular weight excluding hydrogens is 322 g/mol. The highest BCUT2D eigenvalue weighted by Crippen LogP contribution is 2.17. The van der Waals surface area contributed by atoms with Crippen molar-refractivity contribution < 1.29 is 13.2 Å². The van der Waals surface area contributed by atoms with Crippen molar-refractivity contribution in [1.29, 1.82) is 0 Å². The number of amides is 1. The van der Waals surface area contributed by atoms with Crippen LogP contribution in [0.25, 0.3) is 0 Å². The summed E-state index contributed by atoms with van der Waals surface area (Å²) in [6.45, 7) is 3.78. The summed E-state index contributed by atoms with van der Waals surface area (Å²) in [5, 5.41) is 5.73. The average molecular weight is 339 g/mol. The van der Waals surface area contributed by atoms with E-state index >= 15 is 0 Å². The van der Waals surface area contributed by atoms with E-state index in [0.717, 1.165) is 17.0 Å². The fourth-order valence-electron chi connectivity index (χ4n) is 1.84. The number of nitrogens with zero attached hydrogens (tertiary/aromatic N) is 1. The maximum Gasteiger partial charge on any atom is 0.251 e. The molecule has 0 radical (unpaired) electrons. The number of carbonyl (C=O) groups excluding carboxylic acids is 1. The van der Waals surface area contributed by atoms with Crippen LogP contribution in [0.3, 0.4) is 0 Å². The predicted molar refractivity (Wildman–Crippen MR) is 87.6 cm³/mol. The van der Waals surface area contributed by atoms with Gasteiger partial charge in [-0.15, -0.1) is 11.3 Å². The second kappa shape index (κ2) is 6.45. The van der Waals surface area contributed by atoms with E-state index < -0.39 is 10.0 Å². The Morgan fingerprint density at radius 1 is 1.27 bits per heavy atom. The second-order valence-corrected chi connectivity index (χ2v) is 7.75. The van der Waals surface area contributed by atoms with E-state index in [9.17, 15) is 13.2 Å². The summed E-state index contributed by atoms with van der Waals surface area (Å²) in [7, 11) is -3.32. The molecule has 2 rings (SSSR count). The topological polar surface area (TPSA) is 88.2 Å². The van der Waals surface area contributed by atoms with Gasteiger partial charge in [0.25, 0.3) is 5.91 Å². The first-order chi connectivity index (χ1) is 10.2. The summed E-state index contributed by atoms with van der Waals surface area (Å²) >= 11 is 1.54. The molecule has 1 heterocycles. The minimum atomic E-state index is -3.32. The van der Waals surface area contributed by atoms with Crippen LogP contribution in [-0.4, -0.2) is 25.6 Å². The molecule has 22 heavy (non-hydrogen) atoms. The maximum atomic E-state index is 12.2. The van der Waals surface area contributed by atoms with E-state index in [4.69, 9.17) is 0 Å². The molecular formula is C14H17N3O3S2. The molecule has 1 atom stereocenters. The third-order valence-electron chi connectivity index (χ3n) is 2.88. The molecule has 0 saturated carbocycles. The Hall–Kier alpha value is -1.93. The predicted octanol–water partition coefficient (Wildman–Crippen LogP) is 2.31. The fourth-order valence-corrected chi connectivity index (χ4v) is 3.11. The van der Waals surface area contributed by atoms with Crippen LogP contribution in [0.2, 0.25) is 0 Å². The first kappa shape index (κ1) is 16.4. The summed E-state index contributed by atoms with van der Waals surface area (Å²) in [6, 6.07) is 6.05. The lowest BCUT2D eigenvalue weighted by Crippen LogP contribution is -2.26. The van der Waals surface area contributed by atoms with E-state index in [1.165, 1.54) is 11.3 Å². The molecule has 1 unspecified atom stereocenters. The average Bonchev–Trinajstić information content (AvgIpc) is 2.84. The number of aryl methyl sites for hydroxylation is 1. The van der Waals surface area contributed by atoms with Gasteiger partial charge < -0.3 is 5.32 Å². The zero-order chi connectivity index (χ0) is 16.3. The van der Waals surface area contributed by atoms with Crippen molar-refractivity contribution in [3.63, 3.8) is 0 Å². The van der Waals surface area contributed by atoms with E-state index in [0.29, 0.717) is 11.3 Å². The smallest absolute Gasteiger partial charge is 0.251 e. The highest BCUT2D eigenvalue weighted by atomic mass is 32.2. The van der Waals surface area contributed by atoms with Gasteiger partial charge in [0.05, 0.1) is 23.0 Å². The zero-order valence-electron chi connectivity index (χ0n) is 12.5. The number of thiazole rings is 1. The number of hydrogen-bond donors (Lipinski definition) is 2. The molecule has 0 fully saturated rings. The molecule has 1 amide bonds. The molecule has 0 saturated heterocycles. The van der Waals surface area contributed by atoms with Gasteiger partial charge in [0.1, 0.15) is 0 Å². The van der Waals surface area contributed by atoms with Gasteiger partial charge in [-0.2, -0.15) is 0 Å². The highest BCUT2D eigenvalue weighted by Gasteiger charge is 2.13. The van der Waals surface area contributed by atoms with Gasteiger partial charge in [-0.3, -0.25) is 9.52 Å². The van der Waals surface area contributed by atoms with E-state index in [1.54, 1.807) is 24.3 Å². The van der Waals surface area contributed by atoms with Gasteiger partial charge in [-0.25, -0.2) is 13.4 Å². The minimum absolute atomic E-state index is 0.189. The van der Waals surface area contributed by atoms with Crippen LogP contribution >= 0.6 is 11.3 Å². The van der Waals surface area contributed by atoms with Crippen LogP contribution in [0.4, 0.5) is 5.69 Å². The van der Waals surface area contributed by atoms with E-state index in [-0.39, 0.29) is 11.9 Å². The number of rotatable bonds is 5. The Balaban J connectivity index is 2.03. The van der Waals surface area contributed by atoms with Gasteiger partial charge in [0, 0.05) is 16.6 Å². The van der Waals surface area contributed by atoms with Crippen molar-refractivity contribution in [2.75, 3.05) is 11.0 Å². The Bertz CT molecular complexity index is 767. The molecule has 1 aromatic heterocycles. The summed E-state index contributed by atoms with van der Waals surface area (Å²) in [5.41, 5.74) is 1.70. The lowest BCUT2D eigenvalue weighted by atomic mass is 10.1. The van der Waals surface area contributed by atoms with Gasteiger partial charge in [-0.1, -0.05) is 0 Å². The molecule has 0 bridgehead atoms. The molecule has 8 heteroatoms. The van der Waals surface area contributed by atoms with Crippen molar-refractivity contribution in [1.82, 2.24) is 10.3 Å². The number of sulfonamides is 1. The van der Waals surface area contributed by atoms with Gasteiger partial charge in [0.15, 0.2) is 0 Å². The number of benzene rings is 1. The number of hydrogen-bond acceptors (Lipinski definition) is 5. The lowest BCUT2D eigenvalue weighted by molar-refractivity contribution is 0.0939. The Morgan fingerprint density at radius 3 is 2.41 bits per heavy atom. The molecule has 0 aliphatic rings. The van der Waals surface area contributed by atoms with E-state index in [2.05, 4.69) is 15.0 Å². The molecule has 6 nitrogen and oxygen atoms in total. The normalized spacial score (nSPS) is 12.7. The summed E-state index contributed by atoms with van der Waals surface area (Å²) in [6.07, 6.45) is 1.07. The standard InChI is InChI=1S/C14H17N3O3S2/c1-9(13-8-21-10(2)16-13)15-14(18)11-4-6-12(7-5-11)17-22(3,19)20/h4-9,17H,1-3H3,(H,15,18). The lowest BCUT2D eigenvalue weighted by Gasteiger charge is -2.12. The SMILES string of the molecule is Cc1nc(C(C)NC(=O)c2ccc(NS(C)(=O)=O)cc2)cs1. The molecule has 1 aromatic carbocycles. The fraction of sp³-hybridized carbons (Fsp3) is 0.286. The highest BCUT2D eigenvalue weighted by molar-refractivity contribution is 7.92. The van der Waals surface area contributed by atoms with Crippen LogP contribution in [0, 0.1) is 6.92 Å². The number of anilines is 1. The Morgan fingerprint density at radius 2 is 1.91 bits per heavy atom. The first-order valence-corrected chi connectivity index (χ1v) is 9.32. The van der Waals surface area contributed by atoms with Crippen molar-refractivity contribution in [2.45, 2.75) is 19.9 Å². The second-order valence-electron chi connectivity index (χ2n) is 4.94. The largest absolute Gasteiger partial charge is 0.344 e. The molecule has 2 N–H and O–H groups in total. The minimum Gasteiger partial charge on any atom is -0.344 e. The van der Waals surface area contributed by atoms with Crippen LogP contribution in [0.1, 0.15) is 34.0 Å². The summed E-state index contributed by atoms with van der Waals surface area (Å²) in [4.78, 5) is 16.5. The van der Waals surface area contributed by atoms with Crippen LogP contribution in [0.15, 0.2) is 29.6 Å². The Kier molecular flexibility index (Phi) is 4.82. The zero-order valence-corrected chi connectivity index (χ0v) is 14.1. The molecule has 118 valence electrons. The van der Waals surface area contributed by atoms with Crippen molar-refractivity contribution in [2.24, 2.45) is 0 Å². The number of nitrogens with one attached hydrogen (secondary N) is 2. The Labute approximate surface area is 133 Å². The van der Waals surface area contributed by atoms with Crippen molar-refractivity contribution in [3.8, 4) is 0 Å². The van der Waals surface area contributed by atoms with Gasteiger partial charge in [-0.05, 0) is 38.1 Å². The van der Waals surface area contributed by atoms with Crippen molar-refractivity contribution in [3.05, 3.63) is 45.9 Å². The van der Waals surface area contributed by atoms with Crippen molar-refractivity contribution >= 4 is 33.0 Å². The van der Waals surface area contributed by atoms with Gasteiger partial charge >= 0.3 is 0 Å². The molecule has 0 aliphatic carbocycles. The first-order valence-electron chi connectivity index (χ1n) is 6.55. The van der Waals surface area contributed by atoms with Crippen LogP contribution in [0.5, 0.6) is 0 Å². The number of aromatic nitrogens is 1. The van der Waals surface area contributed by atoms with Crippen LogP contribution in [-0.2, 0) is 10.0 Å². The van der Waals surface area contributed by atoms with Gasteiger partial charge in [0.2, 0.25) is 10.0 Å². The third kappa shape index (κ3) is 4.54. The summed E-state index contributed by atoms with van der Waals surface area (Å²) < 4.78 is 24.6.